The molecule has 0 saturated carbocycles. The van der Waals surface area contributed by atoms with Crippen molar-refractivity contribution in [1.29, 1.82) is 0 Å². The zero-order valence-corrected chi connectivity index (χ0v) is 32.0. The molecular weight excluding hydrogens is 653 g/mol. The molecule has 51 heavy (non-hydrogen) atoms. The molecule has 5 rings (SSSR count). The summed E-state index contributed by atoms with van der Waals surface area (Å²) >= 11 is 1.74. The molecule has 0 spiro atoms. The Labute approximate surface area is 309 Å². The van der Waals surface area contributed by atoms with Crippen LogP contribution >= 0.6 is 11.8 Å². The summed E-state index contributed by atoms with van der Waals surface area (Å²) in [6.45, 7) is 15.5. The number of nitrogens with one attached hydrogen (secondary N) is 2. The fraction of sp³-hybridized carbons (Fsp3) is 0.419. The van der Waals surface area contributed by atoms with Crippen LogP contribution < -0.4 is 15.5 Å². The molecule has 0 atom stereocenters. The lowest BCUT2D eigenvalue weighted by atomic mass is 9.87. The summed E-state index contributed by atoms with van der Waals surface area (Å²) in [6, 6.07) is 27.2. The first-order chi connectivity index (χ1) is 24.3. The molecule has 1 aliphatic heterocycles. The number of esters is 1. The number of hydrogen-bond donors (Lipinski definition) is 2. The Hall–Kier alpha value is -4.30. The van der Waals surface area contributed by atoms with Gasteiger partial charge in [-0.2, -0.15) is 11.8 Å². The molecule has 1 aromatic heterocycles. The molecule has 4 aromatic rings. The second-order valence-electron chi connectivity index (χ2n) is 15.4. The van der Waals surface area contributed by atoms with Crippen LogP contribution in [0.4, 0.5) is 11.4 Å². The van der Waals surface area contributed by atoms with E-state index in [1.807, 2.05) is 26.8 Å². The van der Waals surface area contributed by atoms with Crippen LogP contribution in [0.15, 0.2) is 85.1 Å². The number of pyridine rings is 1. The van der Waals surface area contributed by atoms with E-state index in [2.05, 4.69) is 103 Å². The highest BCUT2D eigenvalue weighted by molar-refractivity contribution is 7.98. The zero-order chi connectivity index (χ0) is 36.4. The minimum Gasteiger partial charge on any atom is -0.460 e. The highest BCUT2D eigenvalue weighted by atomic mass is 32.2. The van der Waals surface area contributed by atoms with E-state index in [9.17, 15) is 9.59 Å². The number of carbonyl (C=O) groups excluding carboxylic acids is 2. The Kier molecular flexibility index (Phi) is 12.9. The van der Waals surface area contributed by atoms with E-state index in [1.54, 1.807) is 24.0 Å². The van der Waals surface area contributed by atoms with E-state index < -0.39 is 5.60 Å². The van der Waals surface area contributed by atoms with Crippen molar-refractivity contribution in [2.75, 3.05) is 29.1 Å². The van der Waals surface area contributed by atoms with Gasteiger partial charge in [0.2, 0.25) is 0 Å². The Balaban J connectivity index is 1.27. The maximum Gasteiger partial charge on any atom is 0.307 e. The lowest BCUT2D eigenvalue weighted by Gasteiger charge is -2.29. The lowest BCUT2D eigenvalue weighted by Crippen LogP contribution is -2.29. The van der Waals surface area contributed by atoms with Crippen LogP contribution in [0.5, 0.6) is 0 Å². The molecule has 3 aromatic carbocycles. The summed E-state index contributed by atoms with van der Waals surface area (Å²) < 4.78 is 5.44. The molecule has 1 saturated heterocycles. The van der Waals surface area contributed by atoms with Gasteiger partial charge in [0.15, 0.2) is 0 Å². The highest BCUT2D eigenvalue weighted by Gasteiger charge is 2.18. The standard InChI is InChI=1S/C43H54N4O3S/c1-42(2,3)35-15-13-31(14-16-35)28-46-41(49)34-19-21-44-39(26-34)37-27-36(47-22-8-7-9-23-47)17-18-38(37)45-29-32-11-10-12-33(25-32)30-51-24-20-40(48)50-43(4,5)6/h10-19,21,25-27,45H,7-9,20,22-24,28-30H2,1-6H3,(H,46,49). The Morgan fingerprint density at radius 2 is 1.57 bits per heavy atom. The van der Waals surface area contributed by atoms with Crippen LogP contribution in [-0.2, 0) is 33.8 Å². The SMILES string of the molecule is CC(C)(C)OC(=O)CCSCc1cccc(CNc2ccc(N3CCCCC3)cc2-c2cc(C(=O)NCc3ccc(C(C)(C)C)cc3)ccn2)c1. The van der Waals surface area contributed by atoms with Crippen molar-refractivity contribution in [3.05, 3.63) is 113 Å². The number of aromatic nitrogens is 1. The number of thioether (sulfide) groups is 1. The summed E-state index contributed by atoms with van der Waals surface area (Å²) in [4.78, 5) is 32.7. The lowest BCUT2D eigenvalue weighted by molar-refractivity contribution is -0.154. The third-order valence-corrected chi connectivity index (χ3v) is 9.94. The van der Waals surface area contributed by atoms with Crippen LogP contribution in [-0.4, -0.2) is 41.3 Å². The van der Waals surface area contributed by atoms with Crippen molar-refractivity contribution in [3.63, 3.8) is 0 Å². The van der Waals surface area contributed by atoms with Gasteiger partial charge in [0.05, 0.1) is 12.1 Å². The molecular formula is C43H54N4O3S. The van der Waals surface area contributed by atoms with Crippen LogP contribution in [0.25, 0.3) is 11.3 Å². The predicted octanol–water partition coefficient (Wildman–Crippen LogP) is 9.54. The van der Waals surface area contributed by atoms with E-state index in [-0.39, 0.29) is 17.3 Å². The quantitative estimate of drug-likeness (QED) is 0.106. The summed E-state index contributed by atoms with van der Waals surface area (Å²) in [5.41, 5.74) is 8.81. The minimum atomic E-state index is -0.454. The maximum absolute atomic E-state index is 13.4. The highest BCUT2D eigenvalue weighted by Crippen LogP contribution is 2.33. The first-order valence-electron chi connectivity index (χ1n) is 18.2. The van der Waals surface area contributed by atoms with Crippen LogP contribution in [0.3, 0.4) is 0 Å². The van der Waals surface area contributed by atoms with E-state index in [0.29, 0.717) is 25.1 Å². The van der Waals surface area contributed by atoms with Gasteiger partial charge in [-0.25, -0.2) is 0 Å². The number of amides is 1. The summed E-state index contributed by atoms with van der Waals surface area (Å²) in [5, 5.41) is 6.77. The number of ether oxygens (including phenoxy) is 1. The second kappa shape index (κ2) is 17.3. The van der Waals surface area contributed by atoms with Crippen LogP contribution in [0, 0.1) is 0 Å². The average molecular weight is 707 g/mol. The molecule has 0 bridgehead atoms. The van der Waals surface area contributed by atoms with Crippen molar-refractivity contribution in [1.82, 2.24) is 10.3 Å². The van der Waals surface area contributed by atoms with Crippen molar-refractivity contribution in [2.24, 2.45) is 0 Å². The zero-order valence-electron chi connectivity index (χ0n) is 31.2. The summed E-state index contributed by atoms with van der Waals surface area (Å²) in [6.07, 6.45) is 5.78. The predicted molar refractivity (Wildman–Crippen MR) is 212 cm³/mol. The van der Waals surface area contributed by atoms with E-state index in [1.165, 1.54) is 41.6 Å². The van der Waals surface area contributed by atoms with E-state index in [4.69, 9.17) is 9.72 Å². The second-order valence-corrected chi connectivity index (χ2v) is 16.5. The molecule has 1 fully saturated rings. The van der Waals surface area contributed by atoms with Gasteiger partial charge < -0.3 is 20.3 Å². The average Bonchev–Trinajstić information content (AvgIpc) is 3.11. The molecule has 2 heterocycles. The first kappa shape index (κ1) is 37.9. The Morgan fingerprint density at radius 1 is 0.824 bits per heavy atom. The summed E-state index contributed by atoms with van der Waals surface area (Å²) in [7, 11) is 0. The third-order valence-electron chi connectivity index (χ3n) is 8.91. The fourth-order valence-corrected chi connectivity index (χ4v) is 7.01. The van der Waals surface area contributed by atoms with Crippen molar-refractivity contribution in [3.8, 4) is 11.3 Å². The molecule has 7 nitrogen and oxygen atoms in total. The van der Waals surface area contributed by atoms with Gasteiger partial charge in [-0.1, -0.05) is 69.3 Å². The number of rotatable bonds is 13. The van der Waals surface area contributed by atoms with Crippen molar-refractivity contribution < 1.29 is 14.3 Å². The molecule has 1 amide bonds. The van der Waals surface area contributed by atoms with Gasteiger partial charge in [0.25, 0.3) is 5.91 Å². The topological polar surface area (TPSA) is 83.6 Å². The normalized spacial score (nSPS) is 13.5. The first-order valence-corrected chi connectivity index (χ1v) is 19.3. The number of piperidine rings is 1. The summed E-state index contributed by atoms with van der Waals surface area (Å²) in [5.74, 6) is 1.27. The molecule has 8 heteroatoms. The molecule has 0 aliphatic carbocycles. The van der Waals surface area contributed by atoms with Crippen LogP contribution in [0.1, 0.15) is 99.8 Å². The van der Waals surface area contributed by atoms with Gasteiger partial charge >= 0.3 is 5.97 Å². The maximum atomic E-state index is 13.4. The van der Waals surface area contributed by atoms with Gasteiger partial charge in [0, 0.05) is 66.4 Å². The van der Waals surface area contributed by atoms with Crippen molar-refractivity contribution >= 4 is 35.0 Å². The number of benzene rings is 3. The minimum absolute atomic E-state index is 0.0863. The largest absolute Gasteiger partial charge is 0.460 e. The number of hydrogen-bond acceptors (Lipinski definition) is 7. The Bertz CT molecular complexity index is 1770. The Morgan fingerprint density at radius 3 is 2.29 bits per heavy atom. The number of anilines is 2. The molecule has 2 N–H and O–H groups in total. The third kappa shape index (κ3) is 11.6. The van der Waals surface area contributed by atoms with E-state index in [0.717, 1.165) is 47.1 Å². The van der Waals surface area contributed by atoms with Crippen LogP contribution in [0.2, 0.25) is 0 Å². The van der Waals surface area contributed by atoms with Gasteiger partial charge in [0.1, 0.15) is 5.60 Å². The molecule has 1 aliphatic rings. The monoisotopic (exact) mass is 706 g/mol. The van der Waals surface area contributed by atoms with Crippen molar-refractivity contribution in [2.45, 2.75) is 97.1 Å². The number of carbonyl (C=O) groups is 2. The van der Waals surface area contributed by atoms with Gasteiger partial charge in [-0.05, 0) is 98.0 Å². The van der Waals surface area contributed by atoms with Gasteiger partial charge in [-0.15, -0.1) is 0 Å². The molecule has 0 radical (unpaired) electrons. The molecule has 270 valence electrons. The molecule has 0 unspecified atom stereocenters. The van der Waals surface area contributed by atoms with Gasteiger partial charge in [-0.3, -0.25) is 14.6 Å². The fourth-order valence-electron chi connectivity index (χ4n) is 6.14. The van der Waals surface area contributed by atoms with E-state index >= 15 is 0 Å². The number of nitrogens with zero attached hydrogens (tertiary/aromatic N) is 2. The smallest absolute Gasteiger partial charge is 0.307 e.